The van der Waals surface area contributed by atoms with E-state index in [1.54, 1.807) is 6.20 Å². The van der Waals surface area contributed by atoms with Crippen LogP contribution in [0.5, 0.6) is 5.88 Å². The van der Waals surface area contributed by atoms with E-state index < -0.39 is 0 Å². The van der Waals surface area contributed by atoms with Crippen LogP contribution in [0.15, 0.2) is 22.8 Å². The molecule has 0 amide bonds. The van der Waals surface area contributed by atoms with Crippen molar-refractivity contribution in [2.75, 3.05) is 13.1 Å². The molecule has 1 atom stereocenters. The van der Waals surface area contributed by atoms with E-state index in [0.29, 0.717) is 5.88 Å². The lowest BCUT2D eigenvalue weighted by Gasteiger charge is -2.10. The Hall–Kier alpha value is -0.610. The normalized spacial score (nSPS) is 21.8. The second kappa shape index (κ2) is 4.07. The average molecular weight is 243 g/mol. The van der Waals surface area contributed by atoms with E-state index >= 15 is 0 Å². The predicted molar refractivity (Wildman–Crippen MR) is 53.8 cm³/mol. The number of nitrogens with one attached hydrogen (secondary N) is 1. The Morgan fingerprint density at radius 1 is 1.54 bits per heavy atom. The summed E-state index contributed by atoms with van der Waals surface area (Å²) in [5.74, 6) is 0.705. The molecule has 4 heteroatoms. The summed E-state index contributed by atoms with van der Waals surface area (Å²) < 4.78 is 6.61. The summed E-state index contributed by atoms with van der Waals surface area (Å²) in [6, 6.07) is 3.81. The lowest BCUT2D eigenvalue weighted by Crippen LogP contribution is -2.19. The van der Waals surface area contributed by atoms with Crippen LogP contribution >= 0.6 is 15.9 Å². The fourth-order valence-corrected chi connectivity index (χ4v) is 1.57. The van der Waals surface area contributed by atoms with Gasteiger partial charge in [-0.05, 0) is 35.0 Å². The third kappa shape index (κ3) is 2.42. The van der Waals surface area contributed by atoms with Crippen LogP contribution in [0.2, 0.25) is 0 Å². The lowest BCUT2D eigenvalue weighted by atomic mass is 10.3. The van der Waals surface area contributed by atoms with Gasteiger partial charge in [0, 0.05) is 23.3 Å². The Morgan fingerprint density at radius 2 is 2.46 bits per heavy atom. The summed E-state index contributed by atoms with van der Waals surface area (Å²) >= 11 is 3.33. The van der Waals surface area contributed by atoms with E-state index in [2.05, 4.69) is 26.2 Å². The molecule has 0 radical (unpaired) electrons. The lowest BCUT2D eigenvalue weighted by molar-refractivity contribution is 0.214. The van der Waals surface area contributed by atoms with Gasteiger partial charge in [-0.2, -0.15) is 0 Å². The number of hydrogen-bond acceptors (Lipinski definition) is 3. The largest absolute Gasteiger partial charge is 0.473 e. The molecule has 0 spiro atoms. The second-order valence-corrected chi connectivity index (χ2v) is 3.96. The summed E-state index contributed by atoms with van der Waals surface area (Å²) in [7, 11) is 0. The molecule has 0 aliphatic carbocycles. The zero-order valence-corrected chi connectivity index (χ0v) is 8.75. The first-order valence-electron chi connectivity index (χ1n) is 4.33. The van der Waals surface area contributed by atoms with Gasteiger partial charge in [0.05, 0.1) is 0 Å². The molecule has 0 aromatic carbocycles. The zero-order valence-electron chi connectivity index (χ0n) is 7.16. The van der Waals surface area contributed by atoms with E-state index in [0.717, 1.165) is 24.0 Å². The van der Waals surface area contributed by atoms with Crippen molar-refractivity contribution in [3.8, 4) is 5.88 Å². The fraction of sp³-hybridized carbons (Fsp3) is 0.444. The quantitative estimate of drug-likeness (QED) is 0.856. The number of hydrogen-bond donors (Lipinski definition) is 1. The van der Waals surface area contributed by atoms with Gasteiger partial charge in [-0.25, -0.2) is 4.98 Å². The van der Waals surface area contributed by atoms with Crippen LogP contribution in [0, 0.1) is 0 Å². The van der Waals surface area contributed by atoms with Gasteiger partial charge in [0.15, 0.2) is 0 Å². The van der Waals surface area contributed by atoms with E-state index in [9.17, 15) is 0 Å². The van der Waals surface area contributed by atoms with Gasteiger partial charge in [0.25, 0.3) is 0 Å². The molecule has 13 heavy (non-hydrogen) atoms. The first-order valence-corrected chi connectivity index (χ1v) is 5.13. The minimum atomic E-state index is 0.286. The van der Waals surface area contributed by atoms with Crippen molar-refractivity contribution in [2.24, 2.45) is 0 Å². The summed E-state index contributed by atoms with van der Waals surface area (Å²) in [5, 5.41) is 3.24. The highest BCUT2D eigenvalue weighted by Crippen LogP contribution is 2.15. The van der Waals surface area contributed by atoms with Crippen LogP contribution < -0.4 is 10.1 Å². The second-order valence-electron chi connectivity index (χ2n) is 3.05. The summed E-state index contributed by atoms with van der Waals surface area (Å²) in [6.07, 6.45) is 3.10. The van der Waals surface area contributed by atoms with Gasteiger partial charge in [0.2, 0.25) is 5.88 Å². The number of pyridine rings is 1. The molecular formula is C9H11BrN2O. The third-order valence-corrected chi connectivity index (χ3v) is 2.47. The first kappa shape index (κ1) is 8.97. The Bertz CT molecular complexity index is 269. The molecule has 1 fully saturated rings. The molecule has 0 unspecified atom stereocenters. The molecule has 1 aromatic rings. The standard InChI is InChI=1S/C9H11BrN2O/c10-7-1-2-9(12-5-7)13-8-3-4-11-6-8/h1-2,5,8,11H,3-4,6H2/t8-/m1/s1. The minimum Gasteiger partial charge on any atom is -0.473 e. The molecule has 1 aliphatic heterocycles. The highest BCUT2D eigenvalue weighted by molar-refractivity contribution is 9.10. The monoisotopic (exact) mass is 242 g/mol. The van der Waals surface area contributed by atoms with Crippen molar-refractivity contribution in [1.82, 2.24) is 10.3 Å². The van der Waals surface area contributed by atoms with Crippen molar-refractivity contribution in [3.05, 3.63) is 22.8 Å². The highest BCUT2D eigenvalue weighted by Gasteiger charge is 2.15. The maximum Gasteiger partial charge on any atom is 0.213 e. The van der Waals surface area contributed by atoms with Gasteiger partial charge in [0.1, 0.15) is 6.10 Å². The topological polar surface area (TPSA) is 34.1 Å². The Kier molecular flexibility index (Phi) is 2.80. The summed E-state index contributed by atoms with van der Waals surface area (Å²) in [4.78, 5) is 4.14. The Labute approximate surface area is 85.6 Å². The van der Waals surface area contributed by atoms with Gasteiger partial charge in [-0.3, -0.25) is 0 Å². The van der Waals surface area contributed by atoms with Gasteiger partial charge < -0.3 is 10.1 Å². The van der Waals surface area contributed by atoms with Gasteiger partial charge in [-0.1, -0.05) is 0 Å². The molecule has 3 nitrogen and oxygen atoms in total. The number of halogens is 1. The molecule has 2 heterocycles. The smallest absolute Gasteiger partial charge is 0.213 e. The number of nitrogens with zero attached hydrogens (tertiary/aromatic N) is 1. The minimum absolute atomic E-state index is 0.286. The molecule has 2 rings (SSSR count). The van der Waals surface area contributed by atoms with Crippen LogP contribution in [0.4, 0.5) is 0 Å². The highest BCUT2D eigenvalue weighted by atomic mass is 79.9. The summed E-state index contributed by atoms with van der Waals surface area (Å²) in [5.41, 5.74) is 0. The van der Waals surface area contributed by atoms with Crippen molar-refractivity contribution in [2.45, 2.75) is 12.5 Å². The number of rotatable bonds is 2. The molecule has 1 aromatic heterocycles. The van der Waals surface area contributed by atoms with E-state index in [1.165, 1.54) is 0 Å². The molecule has 1 N–H and O–H groups in total. The van der Waals surface area contributed by atoms with Crippen molar-refractivity contribution < 1.29 is 4.74 Å². The predicted octanol–water partition coefficient (Wildman–Crippen LogP) is 1.58. The van der Waals surface area contributed by atoms with E-state index in [1.807, 2.05) is 12.1 Å². The van der Waals surface area contributed by atoms with Crippen LogP contribution in [-0.2, 0) is 0 Å². The molecule has 70 valence electrons. The van der Waals surface area contributed by atoms with Crippen LogP contribution in [0.1, 0.15) is 6.42 Å². The van der Waals surface area contributed by atoms with Gasteiger partial charge >= 0.3 is 0 Å². The van der Waals surface area contributed by atoms with Crippen LogP contribution in [0.3, 0.4) is 0 Å². The van der Waals surface area contributed by atoms with Crippen molar-refractivity contribution >= 4 is 15.9 Å². The molecule has 0 bridgehead atoms. The van der Waals surface area contributed by atoms with Crippen LogP contribution in [-0.4, -0.2) is 24.2 Å². The maximum absolute atomic E-state index is 5.64. The maximum atomic E-state index is 5.64. The number of aromatic nitrogens is 1. The van der Waals surface area contributed by atoms with Crippen molar-refractivity contribution in [1.29, 1.82) is 0 Å². The average Bonchev–Trinajstić information content (AvgIpc) is 2.62. The fourth-order valence-electron chi connectivity index (χ4n) is 1.33. The third-order valence-electron chi connectivity index (χ3n) is 2.00. The van der Waals surface area contributed by atoms with Crippen LogP contribution in [0.25, 0.3) is 0 Å². The molecule has 1 saturated heterocycles. The molecule has 1 aliphatic rings. The van der Waals surface area contributed by atoms with E-state index in [-0.39, 0.29) is 6.10 Å². The van der Waals surface area contributed by atoms with E-state index in [4.69, 9.17) is 4.74 Å². The molecule has 0 saturated carbocycles. The van der Waals surface area contributed by atoms with Crippen molar-refractivity contribution in [3.63, 3.8) is 0 Å². The van der Waals surface area contributed by atoms with Gasteiger partial charge in [-0.15, -0.1) is 0 Å². The molecular weight excluding hydrogens is 232 g/mol. The number of ether oxygens (including phenoxy) is 1. The SMILES string of the molecule is Brc1ccc(O[C@@H]2CCNC2)nc1. The Balaban J connectivity index is 1.97. The zero-order chi connectivity index (χ0) is 9.10. The first-order chi connectivity index (χ1) is 6.34. The summed E-state index contributed by atoms with van der Waals surface area (Å²) in [6.45, 7) is 1.97. The Morgan fingerprint density at radius 3 is 3.08 bits per heavy atom.